The quantitative estimate of drug-likeness (QED) is 0.797. The van der Waals surface area contributed by atoms with Gasteiger partial charge in [-0.2, -0.15) is 0 Å². The number of nitrogens with one attached hydrogen (secondary N) is 1. The Morgan fingerprint density at radius 2 is 1.91 bits per heavy atom. The molecule has 2 aromatic rings. The molecule has 5 heteroatoms. The molecule has 1 heterocycles. The van der Waals surface area contributed by atoms with Crippen molar-refractivity contribution in [2.24, 2.45) is 0 Å². The summed E-state index contributed by atoms with van der Waals surface area (Å²) in [5.74, 6) is 0.467. The number of esters is 1. The summed E-state index contributed by atoms with van der Waals surface area (Å²) in [7, 11) is 1.36. The monoisotopic (exact) mass is 301 g/mol. The Morgan fingerprint density at radius 3 is 2.55 bits per heavy atom. The molecule has 1 amide bonds. The summed E-state index contributed by atoms with van der Waals surface area (Å²) in [6, 6.07) is 10.8. The molecule has 0 radical (unpaired) electrons. The molecule has 0 aliphatic carbocycles. The first-order valence-electron chi connectivity index (χ1n) is 7.15. The number of hydrogen-bond acceptors (Lipinski definition) is 4. The Bertz CT molecular complexity index is 602. The average Bonchev–Trinajstić information content (AvgIpc) is 3.06. The van der Waals surface area contributed by atoms with Crippen LogP contribution in [-0.4, -0.2) is 25.5 Å². The molecule has 5 nitrogen and oxygen atoms in total. The molecule has 1 aromatic heterocycles. The lowest BCUT2D eigenvalue weighted by Crippen LogP contribution is -2.25. The Labute approximate surface area is 129 Å². The van der Waals surface area contributed by atoms with Crippen molar-refractivity contribution in [2.75, 3.05) is 13.7 Å². The van der Waals surface area contributed by atoms with E-state index in [1.54, 1.807) is 18.4 Å². The van der Waals surface area contributed by atoms with Crippen molar-refractivity contribution in [3.63, 3.8) is 0 Å². The fraction of sp³-hybridized carbons (Fsp3) is 0.294. The smallest absolute Gasteiger partial charge is 0.337 e. The number of aryl methyl sites for hydroxylation is 1. The van der Waals surface area contributed by atoms with Gasteiger partial charge in [-0.3, -0.25) is 4.79 Å². The minimum atomic E-state index is -0.349. The molecule has 22 heavy (non-hydrogen) atoms. The van der Waals surface area contributed by atoms with Crippen molar-refractivity contribution in [1.82, 2.24) is 5.32 Å². The van der Waals surface area contributed by atoms with Crippen LogP contribution in [0, 0.1) is 0 Å². The molecule has 0 saturated carbocycles. The van der Waals surface area contributed by atoms with Gasteiger partial charge in [0.2, 0.25) is 5.91 Å². The number of hydrogen-bond donors (Lipinski definition) is 1. The Kier molecular flexibility index (Phi) is 5.77. The molecule has 1 N–H and O–H groups in total. The minimum Gasteiger partial charge on any atom is -0.469 e. The van der Waals surface area contributed by atoms with Gasteiger partial charge in [-0.25, -0.2) is 4.79 Å². The van der Waals surface area contributed by atoms with Crippen LogP contribution < -0.4 is 5.32 Å². The van der Waals surface area contributed by atoms with Gasteiger partial charge in [0, 0.05) is 19.4 Å². The van der Waals surface area contributed by atoms with Gasteiger partial charge in [-0.05, 0) is 36.2 Å². The molecule has 0 saturated heterocycles. The summed E-state index contributed by atoms with van der Waals surface area (Å²) in [6.45, 7) is 0.564. The van der Waals surface area contributed by atoms with Gasteiger partial charge in [-0.15, -0.1) is 0 Å². The van der Waals surface area contributed by atoms with E-state index in [-0.39, 0.29) is 11.9 Å². The number of ether oxygens (including phenoxy) is 1. The molecule has 1 aromatic carbocycles. The lowest BCUT2D eigenvalue weighted by atomic mass is 10.1. The van der Waals surface area contributed by atoms with E-state index in [0.717, 1.165) is 11.3 Å². The van der Waals surface area contributed by atoms with E-state index in [1.165, 1.54) is 7.11 Å². The van der Waals surface area contributed by atoms with Crippen LogP contribution in [-0.2, 0) is 22.4 Å². The first-order chi connectivity index (χ1) is 10.7. The third-order valence-electron chi connectivity index (χ3n) is 3.29. The van der Waals surface area contributed by atoms with Crippen LogP contribution in [0.25, 0.3) is 0 Å². The van der Waals surface area contributed by atoms with Gasteiger partial charge in [0.25, 0.3) is 0 Å². The average molecular weight is 301 g/mol. The number of rotatable bonds is 7. The number of benzene rings is 1. The second kappa shape index (κ2) is 8.02. The highest BCUT2D eigenvalue weighted by Gasteiger charge is 2.05. The molecule has 2 rings (SSSR count). The lowest BCUT2D eigenvalue weighted by molar-refractivity contribution is -0.121. The van der Waals surface area contributed by atoms with Gasteiger partial charge in [0.05, 0.1) is 18.9 Å². The van der Waals surface area contributed by atoms with E-state index in [9.17, 15) is 9.59 Å². The minimum absolute atomic E-state index is 0.00239. The highest BCUT2D eigenvalue weighted by atomic mass is 16.5. The number of carbonyl (C=O) groups excluding carboxylic acids is 2. The number of furan rings is 1. The van der Waals surface area contributed by atoms with E-state index >= 15 is 0 Å². The SMILES string of the molecule is COC(=O)c1ccc(CCNC(=O)CCc2ccco2)cc1. The summed E-state index contributed by atoms with van der Waals surface area (Å²) in [4.78, 5) is 23.0. The predicted molar refractivity (Wildman–Crippen MR) is 81.5 cm³/mol. The standard InChI is InChI=1S/C17H19NO4/c1-21-17(20)14-6-4-13(5-7-14)10-11-18-16(19)9-8-15-3-2-12-22-15/h2-7,12H,8-11H2,1H3,(H,18,19). The van der Waals surface area contributed by atoms with Crippen molar-refractivity contribution in [3.05, 3.63) is 59.5 Å². The first-order valence-corrected chi connectivity index (χ1v) is 7.15. The number of amides is 1. The highest BCUT2D eigenvalue weighted by molar-refractivity contribution is 5.89. The molecule has 116 valence electrons. The normalized spacial score (nSPS) is 10.2. The summed E-state index contributed by atoms with van der Waals surface area (Å²) in [5.41, 5.74) is 1.58. The van der Waals surface area contributed by atoms with E-state index in [2.05, 4.69) is 10.1 Å². The Hall–Kier alpha value is -2.56. The molecule has 0 aliphatic heterocycles. The first kappa shape index (κ1) is 15.8. The van der Waals surface area contributed by atoms with Crippen molar-refractivity contribution in [2.45, 2.75) is 19.3 Å². The highest BCUT2D eigenvalue weighted by Crippen LogP contribution is 2.06. The van der Waals surface area contributed by atoms with Crippen LogP contribution in [0.4, 0.5) is 0 Å². The second-order valence-electron chi connectivity index (χ2n) is 4.87. The molecular formula is C17H19NO4. The fourth-order valence-electron chi connectivity index (χ4n) is 2.05. The maximum Gasteiger partial charge on any atom is 0.337 e. The summed E-state index contributed by atoms with van der Waals surface area (Å²) >= 11 is 0. The summed E-state index contributed by atoms with van der Waals surface area (Å²) in [5, 5.41) is 2.87. The number of carbonyl (C=O) groups is 2. The summed E-state index contributed by atoms with van der Waals surface area (Å²) < 4.78 is 9.82. The van der Waals surface area contributed by atoms with Gasteiger partial charge in [-0.1, -0.05) is 12.1 Å². The molecular weight excluding hydrogens is 282 g/mol. The largest absolute Gasteiger partial charge is 0.469 e. The third-order valence-corrected chi connectivity index (χ3v) is 3.29. The molecule has 0 unspecified atom stereocenters. The van der Waals surface area contributed by atoms with Crippen LogP contribution in [0.2, 0.25) is 0 Å². The molecule has 0 spiro atoms. The zero-order valence-corrected chi connectivity index (χ0v) is 12.5. The van der Waals surface area contributed by atoms with E-state index in [0.29, 0.717) is 31.4 Å². The van der Waals surface area contributed by atoms with Crippen molar-refractivity contribution >= 4 is 11.9 Å². The van der Waals surface area contributed by atoms with Crippen LogP contribution in [0.3, 0.4) is 0 Å². The zero-order chi connectivity index (χ0) is 15.8. The predicted octanol–water partition coefficient (Wildman–Crippen LogP) is 2.36. The summed E-state index contributed by atoms with van der Waals surface area (Å²) in [6.07, 6.45) is 3.33. The molecule has 0 bridgehead atoms. The molecule has 0 atom stereocenters. The van der Waals surface area contributed by atoms with Crippen molar-refractivity contribution < 1.29 is 18.7 Å². The van der Waals surface area contributed by atoms with Crippen LogP contribution in [0.15, 0.2) is 47.1 Å². The third kappa shape index (κ3) is 4.77. The number of methoxy groups -OCH3 is 1. The van der Waals surface area contributed by atoms with Gasteiger partial charge in [0.15, 0.2) is 0 Å². The van der Waals surface area contributed by atoms with Crippen LogP contribution >= 0.6 is 0 Å². The molecule has 0 aliphatic rings. The van der Waals surface area contributed by atoms with E-state index in [4.69, 9.17) is 4.42 Å². The van der Waals surface area contributed by atoms with Crippen molar-refractivity contribution in [1.29, 1.82) is 0 Å². The van der Waals surface area contributed by atoms with Gasteiger partial charge < -0.3 is 14.5 Å². The Morgan fingerprint density at radius 1 is 1.14 bits per heavy atom. The fourth-order valence-corrected chi connectivity index (χ4v) is 2.05. The topological polar surface area (TPSA) is 68.5 Å². The maximum absolute atomic E-state index is 11.7. The molecule has 0 fully saturated rings. The lowest BCUT2D eigenvalue weighted by Gasteiger charge is -2.05. The van der Waals surface area contributed by atoms with Crippen LogP contribution in [0.1, 0.15) is 28.1 Å². The van der Waals surface area contributed by atoms with E-state index < -0.39 is 0 Å². The van der Waals surface area contributed by atoms with Crippen molar-refractivity contribution in [3.8, 4) is 0 Å². The zero-order valence-electron chi connectivity index (χ0n) is 12.5. The van der Waals surface area contributed by atoms with Crippen LogP contribution in [0.5, 0.6) is 0 Å². The van der Waals surface area contributed by atoms with Gasteiger partial charge >= 0.3 is 5.97 Å². The Balaban J connectivity index is 1.69. The maximum atomic E-state index is 11.7. The van der Waals surface area contributed by atoms with Gasteiger partial charge in [0.1, 0.15) is 5.76 Å². The second-order valence-corrected chi connectivity index (χ2v) is 4.87. The van der Waals surface area contributed by atoms with E-state index in [1.807, 2.05) is 24.3 Å².